The van der Waals surface area contributed by atoms with E-state index in [1.54, 1.807) is 0 Å². The van der Waals surface area contributed by atoms with Gasteiger partial charge in [0, 0.05) is 6.92 Å². The molecule has 72 valence electrons. The summed E-state index contributed by atoms with van der Waals surface area (Å²) in [6.45, 7) is 1.04. The molecule has 0 fully saturated rings. The number of rotatable bonds is 1. The van der Waals surface area contributed by atoms with Crippen molar-refractivity contribution in [1.82, 2.24) is 9.55 Å². The Labute approximate surface area is 69.9 Å². The predicted molar refractivity (Wildman–Crippen MR) is 34.9 cm³/mol. The maximum Gasteiger partial charge on any atom is 0.569 e. The lowest BCUT2D eigenvalue weighted by Gasteiger charge is -2.04. The number of imidazole rings is 1. The van der Waals surface area contributed by atoms with E-state index in [4.69, 9.17) is 0 Å². The summed E-state index contributed by atoms with van der Waals surface area (Å²) in [5.41, 5.74) is 0. The maximum atomic E-state index is 12.1. The van der Waals surface area contributed by atoms with Gasteiger partial charge in [0.05, 0.1) is 0 Å². The zero-order valence-corrected chi connectivity index (χ0v) is 6.37. The highest BCUT2D eigenvalue weighted by atomic mass is 19.4. The second kappa shape index (κ2) is 2.71. The fraction of sp³-hybridized carbons (Fsp3) is 0.400. The average molecular weight is 195 g/mol. The first-order chi connectivity index (χ1) is 5.84. The molecule has 0 spiro atoms. The summed E-state index contributed by atoms with van der Waals surface area (Å²) >= 11 is 0. The number of aromatic nitrogens is 2. The van der Waals surface area contributed by atoms with E-state index in [1.807, 2.05) is 0 Å². The molecular weight excluding hydrogens is 191 g/mol. The predicted octanol–water partition coefficient (Wildman–Crippen LogP) is 1.58. The fourth-order valence-corrected chi connectivity index (χ4v) is 0.875. The Morgan fingerprint density at radius 2 is 2.15 bits per heavy atom. The molecule has 1 aromatic heterocycles. The van der Waals surface area contributed by atoms with Crippen LogP contribution in [0.25, 0.3) is 0 Å². The number of hydrogen-bond donors (Lipinski definition) is 0. The van der Waals surface area contributed by atoms with Crippen molar-refractivity contribution >= 4 is 5.82 Å². The third-order valence-electron chi connectivity index (χ3n) is 1.36. The zero-order chi connectivity index (χ0) is 10.2. The lowest BCUT2D eigenvalue weighted by Crippen LogP contribution is -2.19. The molecule has 0 unspecified atom stereocenters. The minimum Gasteiger partial charge on any atom is -0.358 e. The molecule has 8 heteroatoms. The molecule has 0 amide bonds. The van der Waals surface area contributed by atoms with E-state index in [1.165, 1.54) is 0 Å². The van der Waals surface area contributed by atoms with Crippen molar-refractivity contribution in [2.75, 3.05) is 0 Å². The van der Waals surface area contributed by atoms with Crippen molar-refractivity contribution in [2.24, 2.45) is 0 Å². The molecule has 0 saturated carbocycles. The van der Waals surface area contributed by atoms with Crippen molar-refractivity contribution in [3.63, 3.8) is 0 Å². The SMILES string of the molecule is Cc1ncc([N+](=O)[O-])n1C(F)(F)F. The molecule has 1 heterocycles. The van der Waals surface area contributed by atoms with Gasteiger partial charge in [-0.05, 0) is 4.92 Å². The Morgan fingerprint density at radius 3 is 2.46 bits per heavy atom. The van der Waals surface area contributed by atoms with Gasteiger partial charge in [0.2, 0.25) is 5.82 Å². The van der Waals surface area contributed by atoms with E-state index in [0.29, 0.717) is 6.20 Å². The van der Waals surface area contributed by atoms with E-state index >= 15 is 0 Å². The highest BCUT2D eigenvalue weighted by molar-refractivity contribution is 5.19. The van der Waals surface area contributed by atoms with Crippen molar-refractivity contribution in [1.29, 1.82) is 0 Å². The Morgan fingerprint density at radius 1 is 1.62 bits per heavy atom. The van der Waals surface area contributed by atoms with Crippen LogP contribution in [-0.2, 0) is 6.30 Å². The molecule has 0 aromatic carbocycles. The highest BCUT2D eigenvalue weighted by Gasteiger charge is 2.43. The summed E-state index contributed by atoms with van der Waals surface area (Å²) in [6, 6.07) is 0. The molecule has 0 atom stereocenters. The largest absolute Gasteiger partial charge is 0.569 e. The van der Waals surface area contributed by atoms with Crippen LogP contribution < -0.4 is 0 Å². The second-order valence-corrected chi connectivity index (χ2v) is 2.22. The van der Waals surface area contributed by atoms with E-state index < -0.39 is 22.9 Å². The van der Waals surface area contributed by atoms with Crippen LogP contribution in [0.4, 0.5) is 19.0 Å². The van der Waals surface area contributed by atoms with Crippen molar-refractivity contribution in [2.45, 2.75) is 13.2 Å². The summed E-state index contributed by atoms with van der Waals surface area (Å²) in [5, 5.41) is 10.1. The van der Waals surface area contributed by atoms with Gasteiger partial charge in [0.25, 0.3) is 0 Å². The Balaban J connectivity index is 3.33. The lowest BCUT2D eigenvalue weighted by atomic mass is 10.6. The van der Waals surface area contributed by atoms with Gasteiger partial charge in [-0.15, -0.1) is 17.7 Å². The molecule has 0 saturated heterocycles. The van der Waals surface area contributed by atoms with Gasteiger partial charge in [-0.1, -0.05) is 0 Å². The third-order valence-corrected chi connectivity index (χ3v) is 1.36. The average Bonchev–Trinajstić information content (AvgIpc) is 2.28. The normalized spacial score (nSPS) is 11.7. The van der Waals surface area contributed by atoms with Crippen molar-refractivity contribution in [3.8, 4) is 0 Å². The number of nitrogens with zero attached hydrogens (tertiary/aromatic N) is 3. The van der Waals surface area contributed by atoms with Gasteiger partial charge < -0.3 is 10.1 Å². The minimum absolute atomic E-state index is 0.382. The van der Waals surface area contributed by atoms with E-state index in [0.717, 1.165) is 6.92 Å². The first kappa shape index (κ1) is 9.49. The number of nitro groups is 1. The summed E-state index contributed by atoms with van der Waals surface area (Å²) in [4.78, 5) is 12.2. The molecule has 5 nitrogen and oxygen atoms in total. The van der Waals surface area contributed by atoms with Gasteiger partial charge in [-0.3, -0.25) is 0 Å². The van der Waals surface area contributed by atoms with Gasteiger partial charge in [0.15, 0.2) is 0 Å². The Hall–Kier alpha value is -1.60. The highest BCUT2D eigenvalue weighted by Crippen LogP contribution is 2.29. The van der Waals surface area contributed by atoms with Gasteiger partial charge in [-0.2, -0.15) is 0 Å². The molecule has 0 N–H and O–H groups in total. The van der Waals surface area contributed by atoms with Gasteiger partial charge in [-0.25, -0.2) is 4.98 Å². The smallest absolute Gasteiger partial charge is 0.358 e. The van der Waals surface area contributed by atoms with E-state index in [9.17, 15) is 23.3 Å². The number of aryl methyl sites for hydroxylation is 1. The topological polar surface area (TPSA) is 61.0 Å². The zero-order valence-electron chi connectivity index (χ0n) is 6.37. The quantitative estimate of drug-likeness (QED) is 0.504. The van der Waals surface area contributed by atoms with Crippen LogP contribution in [0, 0.1) is 17.0 Å². The molecule has 0 aliphatic carbocycles. The lowest BCUT2D eigenvalue weighted by molar-refractivity contribution is -0.399. The van der Waals surface area contributed by atoms with Gasteiger partial charge >= 0.3 is 12.1 Å². The van der Waals surface area contributed by atoms with Crippen LogP contribution in [0.5, 0.6) is 0 Å². The Bertz CT molecular complexity index is 343. The third kappa shape index (κ3) is 1.60. The van der Waals surface area contributed by atoms with Gasteiger partial charge in [0.1, 0.15) is 6.20 Å². The van der Waals surface area contributed by atoms with Crippen molar-refractivity contribution in [3.05, 3.63) is 22.1 Å². The van der Waals surface area contributed by atoms with Crippen LogP contribution >= 0.6 is 0 Å². The van der Waals surface area contributed by atoms with E-state index in [-0.39, 0.29) is 4.57 Å². The Kier molecular flexibility index (Phi) is 1.98. The molecule has 0 aliphatic heterocycles. The molecule has 1 rings (SSSR count). The molecule has 1 aromatic rings. The van der Waals surface area contributed by atoms with E-state index in [2.05, 4.69) is 4.98 Å². The molecular formula is C5H4F3N3O2. The number of alkyl halides is 3. The molecule has 0 radical (unpaired) electrons. The van der Waals surface area contributed by atoms with Crippen molar-refractivity contribution < 1.29 is 18.1 Å². The first-order valence-corrected chi connectivity index (χ1v) is 3.10. The summed E-state index contributed by atoms with van der Waals surface area (Å²) in [7, 11) is 0. The van der Waals surface area contributed by atoms with Crippen LogP contribution in [0.3, 0.4) is 0 Å². The van der Waals surface area contributed by atoms with Crippen LogP contribution in [0.2, 0.25) is 0 Å². The molecule has 13 heavy (non-hydrogen) atoms. The molecule has 0 aliphatic rings. The monoisotopic (exact) mass is 195 g/mol. The number of halogens is 3. The van der Waals surface area contributed by atoms with Crippen LogP contribution in [-0.4, -0.2) is 14.5 Å². The summed E-state index contributed by atoms with van der Waals surface area (Å²) in [6.07, 6.45) is -4.23. The standard InChI is InChI=1S/C5H4F3N3O2/c1-3-9-2-4(11(12)13)10(3)5(6,7)8/h2H,1H3. The summed E-state index contributed by atoms with van der Waals surface area (Å²) in [5.74, 6) is -1.54. The fourth-order valence-electron chi connectivity index (χ4n) is 0.875. The first-order valence-electron chi connectivity index (χ1n) is 3.10. The second-order valence-electron chi connectivity index (χ2n) is 2.22. The number of hydrogen-bond acceptors (Lipinski definition) is 3. The maximum absolute atomic E-state index is 12.1. The molecule has 0 bridgehead atoms. The minimum atomic E-state index is -4.80. The summed E-state index contributed by atoms with van der Waals surface area (Å²) < 4.78 is 36.0. The van der Waals surface area contributed by atoms with Crippen LogP contribution in [0.1, 0.15) is 5.82 Å². The van der Waals surface area contributed by atoms with Crippen LogP contribution in [0.15, 0.2) is 6.20 Å².